The third-order valence-corrected chi connectivity index (χ3v) is 6.54. The lowest BCUT2D eigenvalue weighted by Gasteiger charge is -2.38. The van der Waals surface area contributed by atoms with Crippen molar-refractivity contribution < 1.29 is 22.7 Å². The Hall–Kier alpha value is -1.60. The number of carbonyl (C=O) groups excluding carboxylic acids is 1. The Morgan fingerprint density at radius 3 is 2.52 bits per heavy atom. The zero-order valence-corrected chi connectivity index (χ0v) is 16.8. The average molecular weight is 410 g/mol. The molecule has 3 aliphatic rings. The van der Waals surface area contributed by atoms with Crippen LogP contribution in [0.3, 0.4) is 0 Å². The van der Waals surface area contributed by atoms with E-state index in [1.54, 1.807) is 12.1 Å². The van der Waals surface area contributed by atoms with Crippen LogP contribution in [0.2, 0.25) is 0 Å². The number of ether oxygens (including phenoxy) is 1. The van der Waals surface area contributed by atoms with Gasteiger partial charge in [-0.2, -0.15) is 13.2 Å². The molecule has 0 unspecified atom stereocenters. The van der Waals surface area contributed by atoms with Crippen molar-refractivity contribution >= 4 is 5.91 Å². The lowest BCUT2D eigenvalue weighted by molar-refractivity contribution is -0.138. The molecule has 1 saturated heterocycles. The molecule has 1 N–H and O–H groups in total. The Labute approximate surface area is 169 Å². The number of carbonyl (C=O) groups is 1. The second kappa shape index (κ2) is 8.26. The van der Waals surface area contributed by atoms with E-state index >= 15 is 0 Å². The van der Waals surface area contributed by atoms with Crippen molar-refractivity contribution in [2.75, 3.05) is 19.7 Å². The van der Waals surface area contributed by atoms with Crippen LogP contribution in [0.15, 0.2) is 24.3 Å². The van der Waals surface area contributed by atoms with Gasteiger partial charge in [-0.1, -0.05) is 18.2 Å². The van der Waals surface area contributed by atoms with E-state index in [4.69, 9.17) is 4.74 Å². The van der Waals surface area contributed by atoms with Gasteiger partial charge in [-0.3, -0.25) is 9.69 Å². The first kappa shape index (κ1) is 20.7. The molecule has 4 nitrogen and oxygen atoms in total. The molecule has 1 aromatic rings. The molecule has 7 heteroatoms. The predicted molar refractivity (Wildman–Crippen MR) is 103 cm³/mol. The van der Waals surface area contributed by atoms with E-state index in [0.717, 1.165) is 38.6 Å². The van der Waals surface area contributed by atoms with E-state index in [-0.39, 0.29) is 18.1 Å². The highest BCUT2D eigenvalue weighted by Gasteiger charge is 2.44. The van der Waals surface area contributed by atoms with Crippen LogP contribution in [0.1, 0.15) is 43.7 Å². The summed E-state index contributed by atoms with van der Waals surface area (Å²) in [6.07, 6.45) is -0.201. The zero-order valence-electron chi connectivity index (χ0n) is 16.8. The number of rotatable bonds is 6. The van der Waals surface area contributed by atoms with Gasteiger partial charge in [0.1, 0.15) is 0 Å². The van der Waals surface area contributed by atoms with Crippen molar-refractivity contribution in [1.29, 1.82) is 0 Å². The number of hydrogen-bond donors (Lipinski definition) is 1. The molecule has 2 saturated carbocycles. The minimum Gasteiger partial charge on any atom is -0.376 e. The first-order valence-electron chi connectivity index (χ1n) is 10.6. The van der Waals surface area contributed by atoms with Crippen LogP contribution in [-0.4, -0.2) is 42.6 Å². The minimum atomic E-state index is -4.33. The average Bonchev–Trinajstić information content (AvgIpc) is 3.39. The van der Waals surface area contributed by atoms with E-state index in [0.29, 0.717) is 29.9 Å². The van der Waals surface area contributed by atoms with E-state index in [1.165, 1.54) is 25.8 Å². The lowest BCUT2D eigenvalue weighted by atomic mass is 9.77. The van der Waals surface area contributed by atoms with Crippen molar-refractivity contribution in [3.05, 3.63) is 35.4 Å². The summed E-state index contributed by atoms with van der Waals surface area (Å²) in [4.78, 5) is 13.8. The van der Waals surface area contributed by atoms with Crippen LogP contribution >= 0.6 is 0 Å². The summed E-state index contributed by atoms with van der Waals surface area (Å²) in [5, 5.41) is 3.05. The van der Waals surface area contributed by atoms with Crippen molar-refractivity contribution in [3.8, 4) is 0 Å². The van der Waals surface area contributed by atoms with Gasteiger partial charge in [-0.15, -0.1) is 0 Å². The fourth-order valence-electron chi connectivity index (χ4n) is 4.96. The fraction of sp³-hybridized carbons (Fsp3) is 0.682. The number of nitrogens with zero attached hydrogens (tertiary/aromatic N) is 1. The van der Waals surface area contributed by atoms with Crippen LogP contribution in [0.4, 0.5) is 13.2 Å². The van der Waals surface area contributed by atoms with Gasteiger partial charge in [-0.05, 0) is 55.1 Å². The monoisotopic (exact) mass is 410 g/mol. The molecule has 3 fully saturated rings. The molecule has 4 rings (SSSR count). The van der Waals surface area contributed by atoms with Crippen molar-refractivity contribution in [2.45, 2.75) is 57.5 Å². The third-order valence-electron chi connectivity index (χ3n) is 6.54. The van der Waals surface area contributed by atoms with Crippen LogP contribution in [0, 0.1) is 17.8 Å². The summed E-state index contributed by atoms with van der Waals surface area (Å²) in [7, 11) is 0. The summed E-state index contributed by atoms with van der Waals surface area (Å²) in [5.74, 6) is 1.39. The van der Waals surface area contributed by atoms with Gasteiger partial charge >= 0.3 is 6.18 Å². The first-order chi connectivity index (χ1) is 13.8. The normalized spacial score (nSPS) is 30.2. The number of benzene rings is 1. The lowest BCUT2D eigenvalue weighted by Crippen LogP contribution is -2.50. The van der Waals surface area contributed by atoms with E-state index in [9.17, 15) is 18.0 Å². The van der Waals surface area contributed by atoms with Crippen LogP contribution < -0.4 is 5.32 Å². The standard InChI is InChI=1S/C22H29F3N2O2/c1-14(28)26-20-8-17-11-27(10-16-4-2-3-5-19(16)22(23,24)25)12-18(17)9-21(20)29-13-15-6-7-15/h2-5,15,17-18,20-21H,6-13H2,1H3,(H,26,28)/t17-,18+,20-,21-/m1/s1. The maximum Gasteiger partial charge on any atom is 0.416 e. The second-order valence-corrected chi connectivity index (χ2v) is 8.96. The van der Waals surface area contributed by atoms with Crippen molar-refractivity contribution in [1.82, 2.24) is 10.2 Å². The third kappa shape index (κ3) is 5.12. The van der Waals surface area contributed by atoms with Gasteiger partial charge in [0.2, 0.25) is 5.91 Å². The molecule has 1 heterocycles. The SMILES string of the molecule is CC(=O)N[C@@H]1C[C@@H]2CN(Cc3ccccc3C(F)(F)F)C[C@@H]2C[C@H]1OCC1CC1. The molecule has 0 spiro atoms. The largest absolute Gasteiger partial charge is 0.416 e. The molecule has 29 heavy (non-hydrogen) atoms. The summed E-state index contributed by atoms with van der Waals surface area (Å²) < 4.78 is 46.1. The molecule has 160 valence electrons. The van der Waals surface area contributed by atoms with Gasteiger partial charge in [0.05, 0.1) is 17.7 Å². The minimum absolute atomic E-state index is 0.00293. The molecule has 0 radical (unpaired) electrons. The van der Waals surface area contributed by atoms with E-state index in [2.05, 4.69) is 10.2 Å². The summed E-state index contributed by atoms with van der Waals surface area (Å²) >= 11 is 0. The van der Waals surface area contributed by atoms with Crippen molar-refractivity contribution in [2.24, 2.45) is 17.8 Å². The highest BCUT2D eigenvalue weighted by Crippen LogP contribution is 2.40. The Kier molecular flexibility index (Phi) is 5.89. The van der Waals surface area contributed by atoms with Gasteiger partial charge in [-0.25, -0.2) is 0 Å². The molecular formula is C22H29F3N2O2. The molecule has 2 aliphatic carbocycles. The van der Waals surface area contributed by atoms with Gasteiger partial charge in [0.25, 0.3) is 0 Å². The highest BCUT2D eigenvalue weighted by molar-refractivity contribution is 5.73. The number of hydrogen-bond acceptors (Lipinski definition) is 3. The van der Waals surface area contributed by atoms with Gasteiger partial charge < -0.3 is 10.1 Å². The Morgan fingerprint density at radius 1 is 1.17 bits per heavy atom. The Morgan fingerprint density at radius 2 is 1.86 bits per heavy atom. The Balaban J connectivity index is 1.42. The van der Waals surface area contributed by atoms with Gasteiger partial charge in [0, 0.05) is 33.2 Å². The zero-order chi connectivity index (χ0) is 20.6. The predicted octanol–water partition coefficient (Wildman–Crippen LogP) is 3.85. The first-order valence-corrected chi connectivity index (χ1v) is 10.6. The van der Waals surface area contributed by atoms with Crippen LogP contribution in [0.25, 0.3) is 0 Å². The van der Waals surface area contributed by atoms with Crippen LogP contribution in [-0.2, 0) is 22.3 Å². The highest BCUT2D eigenvalue weighted by atomic mass is 19.4. The maximum atomic E-state index is 13.3. The molecular weight excluding hydrogens is 381 g/mol. The number of likely N-dealkylation sites (tertiary alicyclic amines) is 1. The molecule has 1 amide bonds. The van der Waals surface area contributed by atoms with Crippen molar-refractivity contribution in [3.63, 3.8) is 0 Å². The van der Waals surface area contributed by atoms with Gasteiger partial charge in [0.15, 0.2) is 0 Å². The fourth-order valence-corrected chi connectivity index (χ4v) is 4.96. The molecule has 1 aromatic carbocycles. The van der Waals surface area contributed by atoms with Crippen LogP contribution in [0.5, 0.6) is 0 Å². The Bertz CT molecular complexity index is 735. The maximum absolute atomic E-state index is 13.3. The molecule has 4 atom stereocenters. The summed E-state index contributed by atoms with van der Waals surface area (Å²) in [5.41, 5.74) is -0.213. The summed E-state index contributed by atoms with van der Waals surface area (Å²) in [6, 6.07) is 5.84. The number of halogens is 3. The quantitative estimate of drug-likeness (QED) is 0.775. The van der Waals surface area contributed by atoms with E-state index < -0.39 is 11.7 Å². The smallest absolute Gasteiger partial charge is 0.376 e. The molecule has 0 aromatic heterocycles. The number of amides is 1. The number of alkyl halides is 3. The molecule has 0 bridgehead atoms. The summed E-state index contributed by atoms with van der Waals surface area (Å²) in [6.45, 7) is 4.14. The number of nitrogens with one attached hydrogen (secondary N) is 1. The topological polar surface area (TPSA) is 41.6 Å². The molecule has 1 aliphatic heterocycles. The number of fused-ring (bicyclic) bond motifs is 1. The van der Waals surface area contributed by atoms with E-state index in [1.807, 2.05) is 0 Å². The second-order valence-electron chi connectivity index (χ2n) is 8.96.